The maximum absolute atomic E-state index is 13.5. The van der Waals surface area contributed by atoms with Crippen LogP contribution in [-0.2, 0) is 25.2 Å². The van der Waals surface area contributed by atoms with Gasteiger partial charge in [-0.05, 0) is 51.0 Å². The minimum Gasteiger partial charge on any atom is -0.486 e. The Hall–Kier alpha value is -3.40. The molecule has 204 valence electrons. The molecule has 0 radical (unpaired) electrons. The molecular formula is C28H35N3O6S. The maximum Gasteiger partial charge on any atom is 0.243 e. The van der Waals surface area contributed by atoms with Gasteiger partial charge < -0.3 is 20.1 Å². The fraction of sp³-hybridized carbons (Fsp3) is 0.464. The van der Waals surface area contributed by atoms with Crippen molar-refractivity contribution >= 4 is 39.9 Å². The van der Waals surface area contributed by atoms with Crippen LogP contribution < -0.4 is 25.0 Å². The van der Waals surface area contributed by atoms with E-state index in [1.165, 1.54) is 4.90 Å². The second-order valence-electron chi connectivity index (χ2n) is 9.75. The van der Waals surface area contributed by atoms with Crippen molar-refractivity contribution in [2.24, 2.45) is 0 Å². The zero-order valence-electron chi connectivity index (χ0n) is 21.9. The molecule has 1 saturated carbocycles. The van der Waals surface area contributed by atoms with Crippen molar-refractivity contribution in [3.8, 4) is 11.5 Å². The molecule has 0 bridgehead atoms. The molecule has 2 aromatic carbocycles. The summed E-state index contributed by atoms with van der Waals surface area (Å²) in [6.45, 7) is 4.40. The molecule has 1 heterocycles. The van der Waals surface area contributed by atoms with Gasteiger partial charge in [0.1, 0.15) is 30.8 Å². The van der Waals surface area contributed by atoms with Crippen LogP contribution in [0, 0.1) is 6.92 Å². The number of hydrogen-bond acceptors (Lipinski definition) is 6. The third kappa shape index (κ3) is 7.34. The van der Waals surface area contributed by atoms with E-state index in [2.05, 4.69) is 10.6 Å². The van der Waals surface area contributed by atoms with E-state index in [1.807, 2.05) is 19.1 Å². The lowest BCUT2D eigenvalue weighted by Gasteiger charge is -2.31. The van der Waals surface area contributed by atoms with Gasteiger partial charge in [0, 0.05) is 34.3 Å². The first-order valence-electron chi connectivity index (χ1n) is 13.0. The number of hydrogen-bond donors (Lipinski definition) is 2. The Balaban J connectivity index is 1.46. The van der Waals surface area contributed by atoms with Gasteiger partial charge in [-0.25, -0.2) is 0 Å². The molecule has 2 atom stereocenters. The van der Waals surface area contributed by atoms with Crippen LogP contribution in [0.5, 0.6) is 11.5 Å². The van der Waals surface area contributed by atoms with E-state index >= 15 is 0 Å². The van der Waals surface area contributed by atoms with E-state index < -0.39 is 34.4 Å². The number of carbonyl (C=O) groups excluding carboxylic acids is 3. The molecule has 9 nitrogen and oxygen atoms in total. The number of anilines is 2. The van der Waals surface area contributed by atoms with Crippen molar-refractivity contribution in [1.29, 1.82) is 0 Å². The van der Waals surface area contributed by atoms with Crippen molar-refractivity contribution in [3.63, 3.8) is 0 Å². The molecule has 2 aromatic rings. The highest BCUT2D eigenvalue weighted by molar-refractivity contribution is 7.86. The van der Waals surface area contributed by atoms with Crippen LogP contribution in [0.15, 0.2) is 42.5 Å². The number of benzene rings is 2. The molecule has 3 amide bonds. The molecule has 1 aliphatic heterocycles. The summed E-state index contributed by atoms with van der Waals surface area (Å²) in [5.41, 5.74) is 2.08. The lowest BCUT2D eigenvalue weighted by atomic mass is 9.95. The zero-order chi connectivity index (χ0) is 27.1. The van der Waals surface area contributed by atoms with Gasteiger partial charge >= 0.3 is 0 Å². The number of nitrogens with one attached hydrogen (secondary N) is 2. The maximum atomic E-state index is 13.5. The predicted octanol–water partition coefficient (Wildman–Crippen LogP) is 3.32. The summed E-state index contributed by atoms with van der Waals surface area (Å²) >= 11 is 0. The Morgan fingerprint density at radius 1 is 0.974 bits per heavy atom. The first-order valence-corrected chi connectivity index (χ1v) is 14.5. The first kappa shape index (κ1) is 27.6. The molecular weight excluding hydrogens is 506 g/mol. The standard InChI is InChI=1S/C28H35N3O6S/c1-19-8-10-22(11-9-19)29-26(32)17-38(35)18-27(33)31(20(2)28(34)30-21-6-4-3-5-7-21)23-12-13-24-25(16-23)37-15-14-36-24/h8-13,16,20-21H,3-7,14-15,17-18H2,1-2H3,(H,29,32)(H,30,34)/t20-,38-/m0/s1. The second kappa shape index (κ2) is 12.9. The second-order valence-corrected chi connectivity index (χ2v) is 11.2. The molecule has 1 aliphatic carbocycles. The average molecular weight is 542 g/mol. The fourth-order valence-electron chi connectivity index (χ4n) is 4.69. The molecule has 38 heavy (non-hydrogen) atoms. The summed E-state index contributed by atoms with van der Waals surface area (Å²) in [6, 6.07) is 11.5. The number of fused-ring (bicyclic) bond motifs is 1. The van der Waals surface area contributed by atoms with E-state index in [-0.39, 0.29) is 17.7 Å². The summed E-state index contributed by atoms with van der Waals surface area (Å²) < 4.78 is 24.1. The van der Waals surface area contributed by atoms with Crippen molar-refractivity contribution in [2.45, 2.75) is 58.0 Å². The van der Waals surface area contributed by atoms with Crippen molar-refractivity contribution < 1.29 is 28.1 Å². The third-order valence-corrected chi connectivity index (χ3v) is 7.86. The number of ether oxygens (including phenoxy) is 2. The molecule has 2 N–H and O–H groups in total. The zero-order valence-corrected chi connectivity index (χ0v) is 22.7. The Morgan fingerprint density at radius 3 is 2.37 bits per heavy atom. The van der Waals surface area contributed by atoms with Crippen LogP contribution in [0.1, 0.15) is 44.6 Å². The summed E-state index contributed by atoms with van der Waals surface area (Å²) in [6.07, 6.45) is 5.11. The quantitative estimate of drug-likeness (QED) is 0.504. The summed E-state index contributed by atoms with van der Waals surface area (Å²) in [4.78, 5) is 40.5. The van der Waals surface area contributed by atoms with Gasteiger partial charge in [0.25, 0.3) is 0 Å². The Bertz CT molecular complexity index is 1180. The fourth-order valence-corrected chi connectivity index (χ4v) is 5.57. The van der Waals surface area contributed by atoms with Gasteiger partial charge in [0.2, 0.25) is 17.7 Å². The smallest absolute Gasteiger partial charge is 0.243 e. The minimum atomic E-state index is -1.78. The molecule has 10 heteroatoms. The normalized spacial score (nSPS) is 16.7. The van der Waals surface area contributed by atoms with Crippen LogP contribution in [0.2, 0.25) is 0 Å². The van der Waals surface area contributed by atoms with E-state index in [1.54, 1.807) is 37.3 Å². The van der Waals surface area contributed by atoms with Gasteiger partial charge in [-0.2, -0.15) is 0 Å². The lowest BCUT2D eigenvalue weighted by molar-refractivity contribution is -0.126. The van der Waals surface area contributed by atoms with E-state index in [0.29, 0.717) is 36.1 Å². The van der Waals surface area contributed by atoms with E-state index in [4.69, 9.17) is 9.47 Å². The van der Waals surface area contributed by atoms with E-state index in [9.17, 15) is 18.6 Å². The van der Waals surface area contributed by atoms with Gasteiger partial charge in [-0.15, -0.1) is 0 Å². The highest BCUT2D eigenvalue weighted by Crippen LogP contribution is 2.35. The Kier molecular flexibility index (Phi) is 9.38. The highest BCUT2D eigenvalue weighted by atomic mass is 32.2. The molecule has 1 fully saturated rings. The number of rotatable bonds is 9. The number of carbonyl (C=O) groups is 3. The summed E-state index contributed by atoms with van der Waals surface area (Å²) in [7, 11) is -1.78. The topological polar surface area (TPSA) is 114 Å². The van der Waals surface area contributed by atoms with Gasteiger partial charge in [0.05, 0.1) is 0 Å². The van der Waals surface area contributed by atoms with E-state index in [0.717, 1.165) is 37.7 Å². The number of amides is 3. The van der Waals surface area contributed by atoms with Crippen LogP contribution >= 0.6 is 0 Å². The predicted molar refractivity (Wildman–Crippen MR) is 147 cm³/mol. The van der Waals surface area contributed by atoms with Crippen LogP contribution in [0.4, 0.5) is 11.4 Å². The highest BCUT2D eigenvalue weighted by Gasteiger charge is 2.31. The molecule has 0 saturated heterocycles. The van der Waals surface area contributed by atoms with Crippen molar-refractivity contribution in [3.05, 3.63) is 48.0 Å². The average Bonchev–Trinajstić information content (AvgIpc) is 2.90. The van der Waals surface area contributed by atoms with Crippen LogP contribution in [-0.4, -0.2) is 58.7 Å². The SMILES string of the molecule is Cc1ccc(NC(=O)C[S@](=O)CC(=O)N(c2ccc3c(c2)OCCO3)[C@@H](C)C(=O)NC2CCCCC2)cc1. The number of nitrogens with zero attached hydrogens (tertiary/aromatic N) is 1. The third-order valence-electron chi connectivity index (χ3n) is 6.70. The minimum absolute atomic E-state index is 0.0792. The molecule has 4 rings (SSSR count). The largest absolute Gasteiger partial charge is 0.486 e. The van der Waals surface area contributed by atoms with Gasteiger partial charge in [-0.1, -0.05) is 37.0 Å². The van der Waals surface area contributed by atoms with Crippen molar-refractivity contribution in [1.82, 2.24) is 5.32 Å². The molecule has 0 spiro atoms. The van der Waals surface area contributed by atoms with Crippen molar-refractivity contribution in [2.75, 3.05) is 34.9 Å². The lowest BCUT2D eigenvalue weighted by Crippen LogP contribution is -2.52. The summed E-state index contributed by atoms with van der Waals surface area (Å²) in [5.74, 6) is -0.951. The van der Waals surface area contributed by atoms with Crippen LogP contribution in [0.25, 0.3) is 0 Å². The number of aryl methyl sites for hydroxylation is 1. The monoisotopic (exact) mass is 541 g/mol. The molecule has 0 unspecified atom stereocenters. The first-order chi connectivity index (χ1) is 18.3. The molecule has 0 aromatic heterocycles. The summed E-state index contributed by atoms with van der Waals surface area (Å²) in [5, 5.41) is 5.78. The Morgan fingerprint density at radius 2 is 1.66 bits per heavy atom. The van der Waals surface area contributed by atoms with Gasteiger partial charge in [-0.3, -0.25) is 23.5 Å². The molecule has 2 aliphatic rings. The Labute approximate surface area is 225 Å². The van der Waals surface area contributed by atoms with Crippen LogP contribution in [0.3, 0.4) is 0 Å². The van der Waals surface area contributed by atoms with Gasteiger partial charge in [0.15, 0.2) is 11.5 Å².